The first kappa shape index (κ1) is 11.0. The van der Waals surface area contributed by atoms with Crippen molar-refractivity contribution in [1.82, 2.24) is 0 Å². The smallest absolute Gasteiger partial charge is 0.232 e. The fraction of sp³-hybridized carbons (Fsp3) is 0.364. The molecule has 1 aliphatic carbocycles. The Kier molecular flexibility index (Phi) is 2.63. The first-order chi connectivity index (χ1) is 7.57. The number of benzene rings is 1. The molecule has 0 aromatic heterocycles. The Morgan fingerprint density at radius 2 is 2.06 bits per heavy atom. The second-order valence-corrected chi connectivity index (χ2v) is 4.02. The van der Waals surface area contributed by atoms with Crippen LogP contribution in [0.5, 0.6) is 0 Å². The van der Waals surface area contributed by atoms with Crippen LogP contribution in [-0.2, 0) is 4.79 Å². The van der Waals surface area contributed by atoms with Gasteiger partial charge in [0.2, 0.25) is 5.91 Å². The lowest BCUT2D eigenvalue weighted by Crippen LogP contribution is -2.27. The fourth-order valence-electron chi connectivity index (χ4n) is 1.45. The van der Waals surface area contributed by atoms with E-state index in [0.717, 1.165) is 12.1 Å². The number of aliphatic hydroxyl groups excluding tert-OH is 1. The molecule has 1 aliphatic rings. The zero-order valence-electron chi connectivity index (χ0n) is 8.46. The van der Waals surface area contributed by atoms with Crippen molar-refractivity contribution in [3.8, 4) is 0 Å². The van der Waals surface area contributed by atoms with E-state index in [0.29, 0.717) is 12.8 Å². The summed E-state index contributed by atoms with van der Waals surface area (Å²) in [6, 6.07) is 3.15. The predicted octanol–water partition coefficient (Wildman–Crippen LogP) is 1.68. The molecule has 5 heteroatoms. The summed E-state index contributed by atoms with van der Waals surface area (Å²) in [5.41, 5.74) is -0.520. The molecule has 16 heavy (non-hydrogen) atoms. The number of hydrogen-bond donors (Lipinski definition) is 2. The average Bonchev–Trinajstić information content (AvgIpc) is 3.04. The minimum Gasteiger partial charge on any atom is -0.395 e. The maximum absolute atomic E-state index is 12.8. The number of carbonyl (C=O) groups is 1. The number of amides is 1. The summed E-state index contributed by atoms with van der Waals surface area (Å²) in [7, 11) is 0. The van der Waals surface area contributed by atoms with Gasteiger partial charge in [0.15, 0.2) is 11.6 Å². The van der Waals surface area contributed by atoms with Gasteiger partial charge < -0.3 is 10.4 Å². The molecule has 86 valence electrons. The molecule has 0 aliphatic heterocycles. The van der Waals surface area contributed by atoms with E-state index < -0.39 is 17.0 Å². The van der Waals surface area contributed by atoms with Crippen molar-refractivity contribution >= 4 is 11.6 Å². The Balaban J connectivity index is 2.09. The maximum atomic E-state index is 12.8. The minimum atomic E-state index is -1.01. The number of carbonyl (C=O) groups excluding carboxylic acids is 1. The van der Waals surface area contributed by atoms with Crippen LogP contribution in [0.4, 0.5) is 14.5 Å². The van der Waals surface area contributed by atoms with Gasteiger partial charge in [-0.3, -0.25) is 4.79 Å². The summed E-state index contributed by atoms with van der Waals surface area (Å²) in [5, 5.41) is 11.5. The van der Waals surface area contributed by atoms with E-state index in [9.17, 15) is 13.6 Å². The summed E-state index contributed by atoms with van der Waals surface area (Å²) in [6.07, 6.45) is 1.25. The van der Waals surface area contributed by atoms with Crippen LogP contribution in [-0.4, -0.2) is 17.6 Å². The van der Waals surface area contributed by atoms with Crippen molar-refractivity contribution in [3.63, 3.8) is 0 Å². The number of hydrogen-bond acceptors (Lipinski definition) is 2. The molecule has 0 saturated heterocycles. The third-order valence-corrected chi connectivity index (χ3v) is 2.82. The lowest BCUT2D eigenvalue weighted by molar-refractivity contribution is -0.122. The molecule has 2 rings (SSSR count). The molecule has 0 unspecified atom stereocenters. The summed E-state index contributed by atoms with van der Waals surface area (Å²) < 4.78 is 25.5. The molecule has 0 spiro atoms. The van der Waals surface area contributed by atoms with Crippen LogP contribution in [0.2, 0.25) is 0 Å². The Labute approximate surface area is 91.1 Å². The summed E-state index contributed by atoms with van der Waals surface area (Å²) >= 11 is 0. The molecule has 0 bridgehead atoms. The van der Waals surface area contributed by atoms with Gasteiger partial charge in [0.25, 0.3) is 0 Å². The van der Waals surface area contributed by atoms with E-state index >= 15 is 0 Å². The second-order valence-electron chi connectivity index (χ2n) is 4.02. The van der Waals surface area contributed by atoms with Crippen molar-refractivity contribution in [3.05, 3.63) is 29.8 Å². The van der Waals surface area contributed by atoms with Crippen molar-refractivity contribution < 1.29 is 18.7 Å². The Morgan fingerprint density at radius 1 is 1.38 bits per heavy atom. The number of rotatable bonds is 3. The highest BCUT2D eigenvalue weighted by atomic mass is 19.2. The maximum Gasteiger partial charge on any atom is 0.232 e. The molecule has 1 fully saturated rings. The van der Waals surface area contributed by atoms with Crippen LogP contribution in [0.1, 0.15) is 12.8 Å². The highest BCUT2D eigenvalue weighted by molar-refractivity contribution is 5.97. The topological polar surface area (TPSA) is 49.3 Å². The number of nitrogens with one attached hydrogen (secondary N) is 1. The highest BCUT2D eigenvalue weighted by Gasteiger charge is 2.49. The van der Waals surface area contributed by atoms with Gasteiger partial charge in [0.05, 0.1) is 12.0 Å². The standard InChI is InChI=1S/C11H11F2NO2/c12-8-2-1-7(5-9(8)13)14-10(16)11(6-15)3-4-11/h1-2,5,15H,3-4,6H2,(H,14,16). The zero-order chi connectivity index (χ0) is 11.8. The summed E-state index contributed by atoms with van der Waals surface area (Å²) in [4.78, 5) is 11.6. The van der Waals surface area contributed by atoms with E-state index in [1.807, 2.05) is 0 Å². The molecule has 3 nitrogen and oxygen atoms in total. The van der Waals surface area contributed by atoms with E-state index in [2.05, 4.69) is 5.32 Å². The Morgan fingerprint density at radius 3 is 2.56 bits per heavy atom. The van der Waals surface area contributed by atoms with Crippen LogP contribution in [0.3, 0.4) is 0 Å². The molecule has 0 heterocycles. The van der Waals surface area contributed by atoms with E-state index in [4.69, 9.17) is 5.11 Å². The van der Waals surface area contributed by atoms with Crippen LogP contribution >= 0.6 is 0 Å². The van der Waals surface area contributed by atoms with Crippen molar-refractivity contribution in [2.24, 2.45) is 5.41 Å². The van der Waals surface area contributed by atoms with Crippen LogP contribution in [0.15, 0.2) is 18.2 Å². The molecule has 0 atom stereocenters. The largest absolute Gasteiger partial charge is 0.395 e. The van der Waals surface area contributed by atoms with E-state index in [1.54, 1.807) is 0 Å². The average molecular weight is 227 g/mol. The number of aliphatic hydroxyl groups is 1. The molecular weight excluding hydrogens is 216 g/mol. The number of halogens is 2. The molecule has 1 aromatic rings. The van der Waals surface area contributed by atoms with Gasteiger partial charge in [-0.2, -0.15) is 0 Å². The lowest BCUT2D eigenvalue weighted by Gasteiger charge is -2.12. The molecular formula is C11H11F2NO2. The minimum absolute atomic E-state index is 0.198. The van der Waals surface area contributed by atoms with Crippen LogP contribution in [0, 0.1) is 17.0 Å². The third-order valence-electron chi connectivity index (χ3n) is 2.82. The van der Waals surface area contributed by atoms with Crippen molar-refractivity contribution in [2.45, 2.75) is 12.8 Å². The van der Waals surface area contributed by atoms with Gasteiger partial charge in [-0.25, -0.2) is 8.78 Å². The molecule has 1 amide bonds. The molecule has 2 N–H and O–H groups in total. The second kappa shape index (κ2) is 3.83. The first-order valence-corrected chi connectivity index (χ1v) is 4.95. The molecule has 1 saturated carbocycles. The third kappa shape index (κ3) is 1.90. The predicted molar refractivity (Wildman–Crippen MR) is 53.7 cm³/mol. The van der Waals surface area contributed by atoms with Crippen molar-refractivity contribution in [1.29, 1.82) is 0 Å². The van der Waals surface area contributed by atoms with Crippen molar-refractivity contribution in [2.75, 3.05) is 11.9 Å². The SMILES string of the molecule is O=C(Nc1ccc(F)c(F)c1)C1(CO)CC1. The zero-order valence-corrected chi connectivity index (χ0v) is 8.46. The van der Waals surface area contributed by atoms with Crippen LogP contribution in [0.25, 0.3) is 0 Å². The first-order valence-electron chi connectivity index (χ1n) is 4.95. The van der Waals surface area contributed by atoms with E-state index in [-0.39, 0.29) is 18.2 Å². The summed E-state index contributed by atoms with van der Waals surface area (Å²) in [6.45, 7) is -0.220. The molecule has 1 aromatic carbocycles. The van der Waals surface area contributed by atoms with E-state index in [1.165, 1.54) is 6.07 Å². The van der Waals surface area contributed by atoms with Gasteiger partial charge >= 0.3 is 0 Å². The normalized spacial score (nSPS) is 16.9. The van der Waals surface area contributed by atoms with Gasteiger partial charge in [-0.15, -0.1) is 0 Å². The van der Waals surface area contributed by atoms with Gasteiger partial charge in [0.1, 0.15) is 0 Å². The monoisotopic (exact) mass is 227 g/mol. The van der Waals surface area contributed by atoms with Gasteiger partial charge in [-0.05, 0) is 25.0 Å². The Hall–Kier alpha value is -1.49. The quantitative estimate of drug-likeness (QED) is 0.825. The molecule has 0 radical (unpaired) electrons. The Bertz CT molecular complexity index is 430. The fourth-order valence-corrected chi connectivity index (χ4v) is 1.45. The number of anilines is 1. The van der Waals surface area contributed by atoms with Crippen LogP contribution < -0.4 is 5.32 Å². The van der Waals surface area contributed by atoms with Gasteiger partial charge in [-0.1, -0.05) is 0 Å². The van der Waals surface area contributed by atoms with Gasteiger partial charge in [0, 0.05) is 11.8 Å². The lowest BCUT2D eigenvalue weighted by atomic mass is 10.1. The summed E-state index contributed by atoms with van der Waals surface area (Å²) in [5.74, 6) is -2.31. The highest BCUT2D eigenvalue weighted by Crippen LogP contribution is 2.45.